The number of halogens is 3. The third-order valence-electron chi connectivity index (χ3n) is 5.41. The minimum Gasteiger partial charge on any atom is -0.342 e. The Bertz CT molecular complexity index is 1260. The number of nitrogens with zero attached hydrogens (tertiary/aromatic N) is 3. The average Bonchev–Trinajstić information content (AvgIpc) is 3.23. The maximum absolute atomic E-state index is 12.9. The van der Waals surface area contributed by atoms with Crippen molar-refractivity contribution < 1.29 is 22.8 Å². The number of aromatic nitrogens is 3. The summed E-state index contributed by atoms with van der Waals surface area (Å²) in [7, 11) is 0. The minimum atomic E-state index is -4.51. The topological polar surface area (TPSA) is 88.9 Å². The van der Waals surface area contributed by atoms with Gasteiger partial charge in [0.05, 0.1) is 17.4 Å². The maximum Gasteiger partial charge on any atom is 0.416 e. The van der Waals surface area contributed by atoms with E-state index >= 15 is 0 Å². The molecule has 0 aliphatic heterocycles. The largest absolute Gasteiger partial charge is 0.416 e. The SMILES string of the molecule is C=CCn1c(SCC(=O)Nc2cccc(C(F)(F)F)c2)nnc1[C@@H](NC(=O)c1ccc(C)cc1)C(C)C. The molecule has 0 spiro atoms. The van der Waals surface area contributed by atoms with Gasteiger partial charge in [-0.05, 0) is 43.2 Å². The predicted octanol–water partition coefficient (Wildman–Crippen LogP) is 5.65. The second kappa shape index (κ2) is 12.1. The molecule has 0 fully saturated rings. The monoisotopic (exact) mass is 531 g/mol. The van der Waals surface area contributed by atoms with Gasteiger partial charge in [-0.2, -0.15) is 13.2 Å². The third-order valence-corrected chi connectivity index (χ3v) is 6.38. The Labute approximate surface area is 217 Å². The number of anilines is 1. The van der Waals surface area contributed by atoms with Crippen molar-refractivity contribution in [2.24, 2.45) is 5.92 Å². The number of carbonyl (C=O) groups excluding carboxylic acids is 2. The van der Waals surface area contributed by atoms with Crippen LogP contribution in [0.2, 0.25) is 0 Å². The van der Waals surface area contributed by atoms with Crippen molar-refractivity contribution in [1.29, 1.82) is 0 Å². The summed E-state index contributed by atoms with van der Waals surface area (Å²) in [6, 6.07) is 11.2. The molecule has 3 aromatic rings. The summed E-state index contributed by atoms with van der Waals surface area (Å²) >= 11 is 1.09. The molecule has 7 nitrogen and oxygen atoms in total. The molecule has 2 N–H and O–H groups in total. The summed E-state index contributed by atoms with van der Waals surface area (Å²) in [5.41, 5.74) is 0.765. The van der Waals surface area contributed by atoms with E-state index in [1.54, 1.807) is 22.8 Å². The lowest BCUT2D eigenvalue weighted by Gasteiger charge is -2.22. The molecular formula is C26H28F3N5O2S. The molecular weight excluding hydrogens is 503 g/mol. The highest BCUT2D eigenvalue weighted by Crippen LogP contribution is 2.31. The summed E-state index contributed by atoms with van der Waals surface area (Å²) in [6.45, 7) is 9.94. The number of nitrogens with one attached hydrogen (secondary N) is 2. The van der Waals surface area contributed by atoms with Gasteiger partial charge in [0.15, 0.2) is 11.0 Å². The molecule has 11 heteroatoms. The highest BCUT2D eigenvalue weighted by Gasteiger charge is 2.30. The zero-order valence-electron chi connectivity index (χ0n) is 20.7. The van der Waals surface area contributed by atoms with Crippen LogP contribution < -0.4 is 10.6 Å². The molecule has 0 bridgehead atoms. The molecule has 196 valence electrons. The number of thioether (sulfide) groups is 1. The molecule has 0 aliphatic rings. The van der Waals surface area contributed by atoms with Gasteiger partial charge in [0, 0.05) is 17.8 Å². The molecule has 1 heterocycles. The van der Waals surface area contributed by atoms with E-state index in [1.807, 2.05) is 32.9 Å². The number of hydrogen-bond donors (Lipinski definition) is 2. The summed E-state index contributed by atoms with van der Waals surface area (Å²) in [5.74, 6) is -0.359. The standard InChI is InChI=1S/C26H28F3N5O2S/c1-5-13-34-23(22(16(2)3)31-24(36)18-11-9-17(4)10-12-18)32-33-25(34)37-15-21(35)30-20-8-6-7-19(14-20)26(27,28)29/h5-12,14,16,22H,1,13,15H2,2-4H3,(H,30,35)(H,31,36)/t22-/m0/s1. The fourth-order valence-electron chi connectivity index (χ4n) is 3.50. The average molecular weight is 532 g/mol. The fourth-order valence-corrected chi connectivity index (χ4v) is 4.25. The van der Waals surface area contributed by atoms with Crippen molar-refractivity contribution in [3.8, 4) is 0 Å². The summed E-state index contributed by atoms with van der Waals surface area (Å²) in [6.07, 6.45) is -2.85. The molecule has 2 amide bonds. The van der Waals surface area contributed by atoms with E-state index in [0.717, 1.165) is 29.5 Å². The second-order valence-electron chi connectivity index (χ2n) is 8.72. The van der Waals surface area contributed by atoms with Crippen LogP contribution in [0, 0.1) is 12.8 Å². The Morgan fingerprint density at radius 3 is 2.46 bits per heavy atom. The molecule has 37 heavy (non-hydrogen) atoms. The van der Waals surface area contributed by atoms with E-state index in [4.69, 9.17) is 0 Å². The van der Waals surface area contributed by atoms with Crippen LogP contribution in [0.15, 0.2) is 66.3 Å². The summed E-state index contributed by atoms with van der Waals surface area (Å²) in [4.78, 5) is 25.3. The molecule has 0 unspecified atom stereocenters. The Morgan fingerprint density at radius 1 is 1.14 bits per heavy atom. The number of rotatable bonds is 10. The van der Waals surface area contributed by atoms with Crippen molar-refractivity contribution in [3.63, 3.8) is 0 Å². The molecule has 0 saturated heterocycles. The van der Waals surface area contributed by atoms with Gasteiger partial charge in [0.2, 0.25) is 5.91 Å². The lowest BCUT2D eigenvalue weighted by atomic mass is 10.0. The van der Waals surface area contributed by atoms with Crippen LogP contribution in [0.3, 0.4) is 0 Å². The number of aryl methyl sites for hydroxylation is 1. The summed E-state index contributed by atoms with van der Waals surface area (Å²) < 4.78 is 40.6. The van der Waals surface area contributed by atoms with Gasteiger partial charge in [-0.25, -0.2) is 0 Å². The molecule has 3 rings (SSSR count). The summed E-state index contributed by atoms with van der Waals surface area (Å²) in [5, 5.41) is 14.4. The van der Waals surface area contributed by atoms with Gasteiger partial charge >= 0.3 is 6.18 Å². The van der Waals surface area contributed by atoms with Crippen molar-refractivity contribution in [1.82, 2.24) is 20.1 Å². The molecule has 2 aromatic carbocycles. The molecule has 0 aliphatic carbocycles. The zero-order valence-corrected chi connectivity index (χ0v) is 21.5. The smallest absolute Gasteiger partial charge is 0.342 e. The highest BCUT2D eigenvalue weighted by molar-refractivity contribution is 7.99. The van der Waals surface area contributed by atoms with Gasteiger partial charge in [-0.15, -0.1) is 16.8 Å². The Balaban J connectivity index is 1.73. The first kappa shape index (κ1) is 28.0. The van der Waals surface area contributed by atoms with Crippen LogP contribution in [0.5, 0.6) is 0 Å². The van der Waals surface area contributed by atoms with E-state index in [9.17, 15) is 22.8 Å². The van der Waals surface area contributed by atoms with Crippen molar-refractivity contribution in [2.45, 2.75) is 44.7 Å². The predicted molar refractivity (Wildman–Crippen MR) is 137 cm³/mol. The van der Waals surface area contributed by atoms with Crippen LogP contribution in [0.25, 0.3) is 0 Å². The molecule has 0 radical (unpaired) electrons. The number of alkyl halides is 3. The van der Waals surface area contributed by atoms with Crippen molar-refractivity contribution >= 4 is 29.3 Å². The number of carbonyl (C=O) groups is 2. The van der Waals surface area contributed by atoms with E-state index in [0.29, 0.717) is 23.1 Å². The first-order chi connectivity index (χ1) is 17.5. The molecule has 0 saturated carbocycles. The lowest BCUT2D eigenvalue weighted by Crippen LogP contribution is -2.33. The van der Waals surface area contributed by atoms with Crippen LogP contribution in [-0.2, 0) is 17.5 Å². The van der Waals surface area contributed by atoms with E-state index in [1.165, 1.54) is 12.1 Å². The van der Waals surface area contributed by atoms with Gasteiger partial charge < -0.3 is 15.2 Å². The maximum atomic E-state index is 12.9. The molecule has 1 aromatic heterocycles. The second-order valence-corrected chi connectivity index (χ2v) is 9.66. The Kier molecular flexibility index (Phi) is 9.14. The number of amides is 2. The van der Waals surface area contributed by atoms with E-state index < -0.39 is 23.7 Å². The first-order valence-corrected chi connectivity index (χ1v) is 12.5. The number of benzene rings is 2. The van der Waals surface area contributed by atoms with Crippen molar-refractivity contribution in [2.75, 3.05) is 11.1 Å². The van der Waals surface area contributed by atoms with E-state index in [2.05, 4.69) is 27.4 Å². The first-order valence-electron chi connectivity index (χ1n) is 11.5. The zero-order chi connectivity index (χ0) is 27.2. The number of allylic oxidation sites excluding steroid dienone is 1. The van der Waals surface area contributed by atoms with Crippen LogP contribution in [0.4, 0.5) is 18.9 Å². The van der Waals surface area contributed by atoms with Gasteiger partial charge in [0.25, 0.3) is 5.91 Å². The quantitative estimate of drug-likeness (QED) is 0.261. The minimum absolute atomic E-state index is 0.0239. The number of hydrogen-bond acceptors (Lipinski definition) is 5. The van der Waals surface area contributed by atoms with Crippen LogP contribution >= 0.6 is 11.8 Å². The Morgan fingerprint density at radius 2 is 1.84 bits per heavy atom. The van der Waals surface area contributed by atoms with Gasteiger partial charge in [-0.1, -0.05) is 55.4 Å². The van der Waals surface area contributed by atoms with E-state index in [-0.39, 0.29) is 23.3 Å². The highest BCUT2D eigenvalue weighted by atomic mass is 32.2. The van der Waals surface area contributed by atoms with Gasteiger partial charge in [0.1, 0.15) is 0 Å². The normalized spacial score (nSPS) is 12.3. The van der Waals surface area contributed by atoms with Crippen molar-refractivity contribution in [3.05, 3.63) is 83.7 Å². The Hall–Kier alpha value is -3.60. The lowest BCUT2D eigenvalue weighted by molar-refractivity contribution is -0.137. The molecule has 1 atom stereocenters. The fraction of sp³-hybridized carbons (Fsp3) is 0.308. The van der Waals surface area contributed by atoms with Crippen LogP contribution in [-0.4, -0.2) is 32.3 Å². The third kappa shape index (κ3) is 7.45. The van der Waals surface area contributed by atoms with Crippen LogP contribution in [0.1, 0.15) is 47.2 Å². The van der Waals surface area contributed by atoms with Gasteiger partial charge in [-0.3, -0.25) is 9.59 Å².